The van der Waals surface area contributed by atoms with E-state index < -0.39 is 0 Å². The van der Waals surface area contributed by atoms with Gasteiger partial charge in [0.1, 0.15) is 0 Å². The zero-order chi connectivity index (χ0) is 4.83. The summed E-state index contributed by atoms with van der Waals surface area (Å²) in [4.78, 5) is 0. The van der Waals surface area contributed by atoms with E-state index in [1.165, 1.54) is 0 Å². The van der Waals surface area contributed by atoms with Crippen LogP contribution >= 0.6 is 0 Å². The minimum atomic E-state index is 0.413. The van der Waals surface area contributed by atoms with Gasteiger partial charge in [-0.15, -0.1) is 0 Å². The summed E-state index contributed by atoms with van der Waals surface area (Å²) in [5.74, 6) is 0. The summed E-state index contributed by atoms with van der Waals surface area (Å²) in [6.07, 6.45) is 0.896. The van der Waals surface area contributed by atoms with Crippen molar-refractivity contribution in [2.24, 2.45) is 0 Å². The first-order chi connectivity index (χ1) is 2.91. The van der Waals surface area contributed by atoms with Crippen LogP contribution < -0.4 is 0 Å². The zero-order valence-electron chi connectivity index (χ0n) is 3.39. The van der Waals surface area contributed by atoms with E-state index in [9.17, 15) is 0 Å². The highest BCUT2D eigenvalue weighted by Gasteiger charge is 1.76. The first kappa shape index (κ1) is 5.45. The molecule has 0 spiro atoms. The van der Waals surface area contributed by atoms with Crippen LogP contribution in [-0.2, 0) is 0 Å². The molecule has 0 rings (SSSR count). The fourth-order valence-corrected chi connectivity index (χ4v) is 0.129. The molecule has 0 unspecified atom stereocenters. The smallest absolute Gasteiger partial charge is 0.0809 e. The fourth-order valence-electron chi connectivity index (χ4n) is 0.129. The van der Waals surface area contributed by atoms with Crippen LogP contribution in [0.4, 0.5) is 0 Å². The molecule has 0 saturated heterocycles. The molecule has 1 N–H and O–H groups in total. The second-order valence-corrected chi connectivity index (χ2v) is 0.879. The van der Waals surface area contributed by atoms with Crippen LogP contribution in [0.1, 0.15) is 12.8 Å². The molecule has 0 aromatic rings. The molecule has 0 aromatic carbocycles. The second kappa shape index (κ2) is 4.45. The van der Waals surface area contributed by atoms with E-state index in [0.717, 1.165) is 6.61 Å². The number of unbranched alkanes of at least 4 members (excludes halogenated alkanes) is 1. The van der Waals surface area contributed by atoms with Gasteiger partial charge >= 0.3 is 0 Å². The Kier molecular flexibility index (Phi) is 4.04. The Hall–Kier alpha value is -0.550. The lowest BCUT2D eigenvalue weighted by Crippen LogP contribution is -1.68. The van der Waals surface area contributed by atoms with Gasteiger partial charge < -0.3 is 5.11 Å². The molecule has 0 fully saturated rings. The molecule has 1 radical (unpaired) electrons. The molecule has 33 valence electrons. The predicted octanol–water partition coefficient (Wildman–Crippen LogP) is 0.824. The molecule has 2 nitrogen and oxygen atoms in total. The van der Waals surface area contributed by atoms with Crippen LogP contribution in [0.15, 0.2) is 0 Å². The molecule has 0 bridgehead atoms. The van der Waals surface area contributed by atoms with Crippen molar-refractivity contribution in [3.63, 3.8) is 0 Å². The molecule has 0 atom stereocenters. The average molecular weight is 84.1 g/mol. The maximum Gasteiger partial charge on any atom is 0.0809 e. The minimum absolute atomic E-state index is 0.413. The van der Waals surface area contributed by atoms with Gasteiger partial charge in [-0.05, 0) is 6.42 Å². The maximum atomic E-state index is 7.92. The lowest BCUT2D eigenvalue weighted by Gasteiger charge is -1.76. The highest BCUT2D eigenvalue weighted by Crippen LogP contribution is 1.84. The van der Waals surface area contributed by atoms with Crippen molar-refractivity contribution in [2.45, 2.75) is 12.8 Å². The molecule has 0 amide bonds. The largest absolute Gasteiger partial charge is 0.390 e. The van der Waals surface area contributed by atoms with Gasteiger partial charge in [0, 0.05) is 6.42 Å². The Morgan fingerprint density at radius 2 is 2.50 bits per heavy atom. The van der Waals surface area contributed by atoms with Crippen LogP contribution in [-0.4, -0.2) is 5.11 Å². The van der Waals surface area contributed by atoms with Gasteiger partial charge in [0.2, 0.25) is 0 Å². The molecule has 0 aliphatic rings. The zero-order valence-corrected chi connectivity index (χ0v) is 3.39. The summed E-state index contributed by atoms with van der Waals surface area (Å²) in [7, 11) is 0. The van der Waals surface area contributed by atoms with Crippen molar-refractivity contribution in [2.75, 3.05) is 0 Å². The van der Waals surface area contributed by atoms with Crippen LogP contribution in [0.5, 0.6) is 0 Å². The van der Waals surface area contributed by atoms with Gasteiger partial charge in [-0.25, -0.2) is 0 Å². The first-order valence-electron chi connectivity index (χ1n) is 1.74. The summed E-state index contributed by atoms with van der Waals surface area (Å²) < 4.78 is 0. The molecular weight excluding hydrogens is 78.0 g/mol. The maximum absolute atomic E-state index is 7.92. The number of hydrogen-bond acceptors (Lipinski definition) is 2. The van der Waals surface area contributed by atoms with Gasteiger partial charge in [-0.3, -0.25) is 0 Å². The van der Waals surface area contributed by atoms with E-state index in [1.807, 2.05) is 6.07 Å². The second-order valence-electron chi connectivity index (χ2n) is 0.879. The number of hydrogen-bond donors (Lipinski definition) is 1. The molecule has 0 aromatic heterocycles. The number of rotatable bonds is 2. The summed E-state index contributed by atoms with van der Waals surface area (Å²) in [5, 5.41) is 15.7. The standard InChI is InChI=1S/C4H6NO/c5-3-1-2-4-6/h4,6H,1-2H2. The molecule has 0 aliphatic carbocycles. The van der Waals surface area contributed by atoms with Gasteiger partial charge in [0.05, 0.1) is 12.7 Å². The van der Waals surface area contributed by atoms with Crippen LogP contribution in [0.3, 0.4) is 0 Å². The van der Waals surface area contributed by atoms with E-state index in [4.69, 9.17) is 10.4 Å². The Morgan fingerprint density at radius 3 is 2.67 bits per heavy atom. The van der Waals surface area contributed by atoms with Crippen LogP contribution in [0, 0.1) is 17.9 Å². The van der Waals surface area contributed by atoms with Crippen molar-refractivity contribution in [1.82, 2.24) is 0 Å². The van der Waals surface area contributed by atoms with Gasteiger partial charge in [0.25, 0.3) is 0 Å². The third-order valence-electron chi connectivity index (χ3n) is 0.385. The number of nitriles is 1. The molecule has 0 aliphatic heterocycles. The molecule has 0 saturated carbocycles. The van der Waals surface area contributed by atoms with E-state index >= 15 is 0 Å². The number of aliphatic hydroxyl groups is 1. The SMILES string of the molecule is N#CCC[CH]O. The molecular formula is C4H6NO. The van der Waals surface area contributed by atoms with E-state index in [1.54, 1.807) is 0 Å². The van der Waals surface area contributed by atoms with Crippen molar-refractivity contribution in [3.8, 4) is 6.07 Å². The highest BCUT2D eigenvalue weighted by molar-refractivity contribution is 4.69. The molecule has 0 heterocycles. The number of nitrogens with zero attached hydrogens (tertiary/aromatic N) is 1. The van der Waals surface area contributed by atoms with E-state index in [0.29, 0.717) is 12.8 Å². The lowest BCUT2D eigenvalue weighted by molar-refractivity contribution is 0.376. The van der Waals surface area contributed by atoms with Crippen molar-refractivity contribution in [3.05, 3.63) is 6.61 Å². The Balaban J connectivity index is 2.54. The van der Waals surface area contributed by atoms with Gasteiger partial charge in [0.15, 0.2) is 0 Å². The average Bonchev–Trinajstić information content (AvgIpc) is 1.61. The fraction of sp³-hybridized carbons (Fsp3) is 0.500. The quantitative estimate of drug-likeness (QED) is 0.503. The van der Waals surface area contributed by atoms with Crippen molar-refractivity contribution >= 4 is 0 Å². The third kappa shape index (κ3) is 3.45. The predicted molar refractivity (Wildman–Crippen MR) is 21.1 cm³/mol. The first-order valence-corrected chi connectivity index (χ1v) is 1.74. The van der Waals surface area contributed by atoms with Gasteiger partial charge in [-0.2, -0.15) is 5.26 Å². The Morgan fingerprint density at radius 1 is 1.83 bits per heavy atom. The van der Waals surface area contributed by atoms with Crippen molar-refractivity contribution < 1.29 is 5.11 Å². The minimum Gasteiger partial charge on any atom is -0.390 e. The lowest BCUT2D eigenvalue weighted by atomic mass is 10.4. The Bertz CT molecular complexity index is 55.1. The molecule has 2 heteroatoms. The summed E-state index contributed by atoms with van der Waals surface area (Å²) in [5.41, 5.74) is 0. The Labute approximate surface area is 37.0 Å². The summed E-state index contributed by atoms with van der Waals surface area (Å²) >= 11 is 0. The normalized spacial score (nSPS) is 7.33. The molecule has 6 heavy (non-hydrogen) atoms. The van der Waals surface area contributed by atoms with Crippen LogP contribution in [0.2, 0.25) is 0 Å². The van der Waals surface area contributed by atoms with Crippen molar-refractivity contribution in [1.29, 1.82) is 5.26 Å². The van der Waals surface area contributed by atoms with Crippen LogP contribution in [0.25, 0.3) is 0 Å². The summed E-state index contributed by atoms with van der Waals surface area (Å²) in [6, 6.07) is 1.88. The topological polar surface area (TPSA) is 44.0 Å². The van der Waals surface area contributed by atoms with E-state index in [-0.39, 0.29) is 0 Å². The monoisotopic (exact) mass is 84.0 g/mol. The van der Waals surface area contributed by atoms with Gasteiger partial charge in [-0.1, -0.05) is 0 Å². The highest BCUT2D eigenvalue weighted by atomic mass is 16.2. The van der Waals surface area contributed by atoms with E-state index in [2.05, 4.69) is 0 Å². The third-order valence-corrected chi connectivity index (χ3v) is 0.385. The number of aliphatic hydroxyl groups excluding tert-OH is 1. The summed E-state index contributed by atoms with van der Waals surface area (Å²) in [6.45, 7) is 0.989.